The van der Waals surface area contributed by atoms with Crippen LogP contribution in [0.25, 0.3) is 0 Å². The molecule has 0 amide bonds. The van der Waals surface area contributed by atoms with Gasteiger partial charge in [-0.3, -0.25) is 0 Å². The summed E-state index contributed by atoms with van der Waals surface area (Å²) in [4.78, 5) is 5.07. The molecule has 15 heavy (non-hydrogen) atoms. The van der Waals surface area contributed by atoms with E-state index in [-0.39, 0.29) is 0 Å². The van der Waals surface area contributed by atoms with Crippen molar-refractivity contribution in [3.8, 4) is 0 Å². The van der Waals surface area contributed by atoms with E-state index >= 15 is 0 Å². The molecule has 1 aliphatic rings. The highest BCUT2D eigenvalue weighted by atomic mass is 15.2. The summed E-state index contributed by atoms with van der Waals surface area (Å²) >= 11 is 0. The quantitative estimate of drug-likeness (QED) is 0.312. The molecule has 1 fully saturated rings. The molecule has 0 bridgehead atoms. The molecule has 1 heterocycles. The van der Waals surface area contributed by atoms with E-state index in [1.165, 1.54) is 52.4 Å². The van der Waals surface area contributed by atoms with Crippen LogP contribution in [0.1, 0.15) is 0 Å². The Kier molecular flexibility index (Phi) is 6.17. The molecule has 90 valence electrons. The number of hydrogen-bond donors (Lipinski definition) is 4. The highest BCUT2D eigenvalue weighted by molar-refractivity contribution is 4.30. The third kappa shape index (κ3) is 6.10. The third-order valence-electron chi connectivity index (χ3n) is 3.51. The van der Waals surface area contributed by atoms with Crippen LogP contribution >= 0.6 is 0 Å². The van der Waals surface area contributed by atoms with Crippen LogP contribution in [-0.2, 0) is 0 Å². The summed E-state index contributed by atoms with van der Waals surface area (Å²) in [7, 11) is 6.98. The standard InChI is InChI=1S/C11H26N4/c1-13-6-4-12-5-7-14(2)9-11-15(3)10-8-13/h12H,4-11H2,1-3H3/p+4. The van der Waals surface area contributed by atoms with Crippen molar-refractivity contribution in [1.29, 1.82) is 0 Å². The minimum Gasteiger partial charge on any atom is -0.337 e. The van der Waals surface area contributed by atoms with Crippen LogP contribution < -0.4 is 20.0 Å². The molecule has 2 unspecified atom stereocenters. The molecule has 5 N–H and O–H groups in total. The van der Waals surface area contributed by atoms with E-state index in [9.17, 15) is 0 Å². The molecule has 0 aromatic rings. The van der Waals surface area contributed by atoms with Crippen LogP contribution in [0, 0.1) is 0 Å². The van der Waals surface area contributed by atoms with Gasteiger partial charge >= 0.3 is 0 Å². The molecule has 0 aromatic heterocycles. The van der Waals surface area contributed by atoms with Crippen molar-refractivity contribution in [2.75, 3.05) is 73.5 Å². The molecule has 0 spiro atoms. The largest absolute Gasteiger partial charge is 0.337 e. The van der Waals surface area contributed by atoms with E-state index in [4.69, 9.17) is 0 Å². The maximum Gasteiger partial charge on any atom is 0.127 e. The van der Waals surface area contributed by atoms with Crippen molar-refractivity contribution < 1.29 is 20.0 Å². The monoisotopic (exact) mass is 218 g/mol. The predicted molar refractivity (Wildman–Crippen MR) is 61.5 cm³/mol. The molecule has 0 aliphatic carbocycles. The van der Waals surface area contributed by atoms with Gasteiger partial charge in [-0.05, 0) is 0 Å². The second kappa shape index (κ2) is 7.17. The second-order valence-electron chi connectivity index (χ2n) is 5.24. The van der Waals surface area contributed by atoms with E-state index in [2.05, 4.69) is 26.5 Å². The Hall–Kier alpha value is -0.160. The van der Waals surface area contributed by atoms with Gasteiger partial charge in [-0.15, -0.1) is 0 Å². The first-order valence-electron chi connectivity index (χ1n) is 6.44. The Bertz CT molecular complexity index is 147. The number of rotatable bonds is 0. The summed E-state index contributed by atoms with van der Waals surface area (Å²) in [6.45, 7) is 10.5. The van der Waals surface area contributed by atoms with Crippen molar-refractivity contribution in [2.24, 2.45) is 0 Å². The lowest BCUT2D eigenvalue weighted by Crippen LogP contribution is -3.23. The van der Waals surface area contributed by atoms with Gasteiger partial charge in [-0.25, -0.2) is 0 Å². The fraction of sp³-hybridized carbons (Fsp3) is 1.00. The molecular formula is C11H30N4+4. The molecular weight excluding hydrogens is 188 g/mol. The first-order chi connectivity index (χ1) is 7.18. The summed E-state index contributed by atoms with van der Waals surface area (Å²) in [5.74, 6) is 0. The highest BCUT2D eigenvalue weighted by Crippen LogP contribution is 1.49. The van der Waals surface area contributed by atoms with Gasteiger partial charge in [0.15, 0.2) is 0 Å². The second-order valence-corrected chi connectivity index (χ2v) is 5.24. The molecule has 0 aromatic carbocycles. The van der Waals surface area contributed by atoms with Gasteiger partial charge < -0.3 is 20.0 Å². The van der Waals surface area contributed by atoms with Crippen LogP contribution in [0.5, 0.6) is 0 Å². The zero-order valence-electron chi connectivity index (χ0n) is 10.7. The average Bonchev–Trinajstić information content (AvgIpc) is 2.21. The molecule has 0 radical (unpaired) electrons. The fourth-order valence-corrected chi connectivity index (χ4v) is 2.07. The minimum absolute atomic E-state index is 1.29. The fourth-order valence-electron chi connectivity index (χ4n) is 2.07. The highest BCUT2D eigenvalue weighted by Gasteiger charge is 2.12. The van der Waals surface area contributed by atoms with Crippen molar-refractivity contribution in [1.82, 2.24) is 0 Å². The Morgan fingerprint density at radius 1 is 0.600 bits per heavy atom. The third-order valence-corrected chi connectivity index (χ3v) is 3.51. The van der Waals surface area contributed by atoms with E-state index in [0.717, 1.165) is 0 Å². The van der Waals surface area contributed by atoms with Gasteiger partial charge in [0.1, 0.15) is 52.4 Å². The van der Waals surface area contributed by atoms with Crippen LogP contribution in [0.2, 0.25) is 0 Å². The number of hydrogen-bond acceptors (Lipinski definition) is 0. The van der Waals surface area contributed by atoms with Crippen LogP contribution in [-0.4, -0.2) is 73.5 Å². The van der Waals surface area contributed by atoms with E-state index < -0.39 is 0 Å². The first-order valence-corrected chi connectivity index (χ1v) is 6.44. The normalized spacial score (nSPS) is 36.6. The van der Waals surface area contributed by atoms with Crippen molar-refractivity contribution in [2.45, 2.75) is 0 Å². The molecule has 4 heteroatoms. The van der Waals surface area contributed by atoms with E-state index in [0.29, 0.717) is 0 Å². The zero-order valence-corrected chi connectivity index (χ0v) is 10.7. The maximum atomic E-state index is 2.48. The molecule has 1 rings (SSSR count). The van der Waals surface area contributed by atoms with Gasteiger partial charge in [0, 0.05) is 0 Å². The predicted octanol–water partition coefficient (Wildman–Crippen LogP) is -5.89. The minimum atomic E-state index is 1.29. The topological polar surface area (TPSA) is 29.9 Å². The lowest BCUT2D eigenvalue weighted by atomic mass is 10.4. The van der Waals surface area contributed by atoms with Gasteiger partial charge in [-0.1, -0.05) is 0 Å². The summed E-state index contributed by atoms with van der Waals surface area (Å²) < 4.78 is 0. The Balaban J connectivity index is 2.30. The van der Waals surface area contributed by atoms with Crippen molar-refractivity contribution in [3.63, 3.8) is 0 Å². The van der Waals surface area contributed by atoms with E-state index in [1.807, 2.05) is 0 Å². The smallest absolute Gasteiger partial charge is 0.127 e. The van der Waals surface area contributed by atoms with Crippen LogP contribution in [0.15, 0.2) is 0 Å². The number of quaternary nitrogens is 4. The summed E-state index contributed by atoms with van der Waals surface area (Å²) in [5, 5.41) is 2.48. The molecule has 1 saturated heterocycles. The Morgan fingerprint density at radius 3 is 1.33 bits per heavy atom. The number of nitrogens with one attached hydrogen (secondary N) is 3. The van der Waals surface area contributed by atoms with Gasteiger partial charge in [-0.2, -0.15) is 0 Å². The van der Waals surface area contributed by atoms with E-state index in [1.54, 1.807) is 14.7 Å². The van der Waals surface area contributed by atoms with Crippen molar-refractivity contribution >= 4 is 0 Å². The number of nitrogens with two attached hydrogens (primary N) is 1. The Labute approximate surface area is 94.2 Å². The van der Waals surface area contributed by atoms with Crippen LogP contribution in [0.4, 0.5) is 0 Å². The summed E-state index contributed by atoms with van der Waals surface area (Å²) in [6, 6.07) is 0. The number of likely N-dealkylation sites (N-methyl/N-ethyl adjacent to an activating group) is 3. The van der Waals surface area contributed by atoms with Crippen LogP contribution in [0.3, 0.4) is 0 Å². The molecule has 4 nitrogen and oxygen atoms in total. The molecule has 0 saturated carbocycles. The lowest BCUT2D eigenvalue weighted by Gasteiger charge is -2.20. The summed E-state index contributed by atoms with van der Waals surface area (Å²) in [5.41, 5.74) is 0. The average molecular weight is 218 g/mol. The lowest BCUT2D eigenvalue weighted by molar-refractivity contribution is -0.972. The maximum absolute atomic E-state index is 2.48. The SMILES string of the molecule is C[NH+]1CC[NH2+]CC[NH+](C)CC[NH+](C)CC1. The first kappa shape index (κ1) is 12.9. The summed E-state index contributed by atoms with van der Waals surface area (Å²) in [6.07, 6.45) is 0. The molecule has 1 aliphatic heterocycles. The zero-order chi connectivity index (χ0) is 11.1. The molecule has 2 atom stereocenters. The Morgan fingerprint density at radius 2 is 0.933 bits per heavy atom. The van der Waals surface area contributed by atoms with Crippen molar-refractivity contribution in [3.05, 3.63) is 0 Å². The van der Waals surface area contributed by atoms with Gasteiger partial charge in [0.2, 0.25) is 0 Å². The van der Waals surface area contributed by atoms with Gasteiger partial charge in [0.05, 0.1) is 21.1 Å². The van der Waals surface area contributed by atoms with Gasteiger partial charge in [0.25, 0.3) is 0 Å².